The Morgan fingerprint density at radius 1 is 1.11 bits per heavy atom. The predicted octanol–water partition coefficient (Wildman–Crippen LogP) is 4.48. The topological polar surface area (TPSA) is 12.0 Å². The van der Waals surface area contributed by atoms with Crippen molar-refractivity contribution in [2.75, 3.05) is 6.54 Å². The van der Waals surface area contributed by atoms with Crippen LogP contribution in [0.5, 0.6) is 0 Å². The molecule has 1 nitrogen and oxygen atoms in total. The van der Waals surface area contributed by atoms with Gasteiger partial charge < -0.3 is 5.32 Å². The molecule has 0 radical (unpaired) electrons. The fourth-order valence-corrected chi connectivity index (χ4v) is 3.11. The maximum atomic E-state index is 3.77. The van der Waals surface area contributed by atoms with E-state index in [9.17, 15) is 0 Å². The lowest BCUT2D eigenvalue weighted by molar-refractivity contribution is 0.368. The van der Waals surface area contributed by atoms with Crippen molar-refractivity contribution >= 4 is 0 Å². The van der Waals surface area contributed by atoms with Crippen LogP contribution in [0, 0.1) is 5.92 Å². The fourth-order valence-electron chi connectivity index (χ4n) is 3.11. The van der Waals surface area contributed by atoms with Crippen LogP contribution in [0.1, 0.15) is 63.1 Å². The van der Waals surface area contributed by atoms with Crippen molar-refractivity contribution in [3.05, 3.63) is 35.4 Å². The van der Waals surface area contributed by atoms with Crippen LogP contribution in [0.25, 0.3) is 0 Å². The van der Waals surface area contributed by atoms with E-state index in [2.05, 4.69) is 43.4 Å². The SMILES string of the molecule is CCCNC(c1ccc(CC)cc1)C1CCCC1. The molecule has 1 aromatic carbocycles. The van der Waals surface area contributed by atoms with Gasteiger partial charge in [0.25, 0.3) is 0 Å². The molecule has 0 bridgehead atoms. The second-order valence-corrected chi connectivity index (χ2v) is 5.57. The average Bonchev–Trinajstić information content (AvgIpc) is 2.94. The molecule has 18 heavy (non-hydrogen) atoms. The van der Waals surface area contributed by atoms with Crippen molar-refractivity contribution in [3.63, 3.8) is 0 Å². The van der Waals surface area contributed by atoms with E-state index in [-0.39, 0.29) is 0 Å². The van der Waals surface area contributed by atoms with Gasteiger partial charge in [-0.3, -0.25) is 0 Å². The minimum Gasteiger partial charge on any atom is -0.310 e. The second kappa shape index (κ2) is 6.94. The van der Waals surface area contributed by atoms with Crippen LogP contribution in [0.4, 0.5) is 0 Å². The zero-order chi connectivity index (χ0) is 12.8. The molecule has 2 rings (SSSR count). The highest BCUT2D eigenvalue weighted by atomic mass is 14.9. The van der Waals surface area contributed by atoms with Crippen molar-refractivity contribution in [2.45, 2.75) is 58.4 Å². The maximum absolute atomic E-state index is 3.77. The van der Waals surface area contributed by atoms with Crippen LogP contribution in [0.15, 0.2) is 24.3 Å². The van der Waals surface area contributed by atoms with Crippen LogP contribution in [0.2, 0.25) is 0 Å². The zero-order valence-electron chi connectivity index (χ0n) is 11.9. The van der Waals surface area contributed by atoms with E-state index in [1.807, 2.05) is 0 Å². The zero-order valence-corrected chi connectivity index (χ0v) is 11.9. The summed E-state index contributed by atoms with van der Waals surface area (Å²) in [5, 5.41) is 3.77. The highest BCUT2D eigenvalue weighted by Crippen LogP contribution is 2.35. The van der Waals surface area contributed by atoms with E-state index >= 15 is 0 Å². The van der Waals surface area contributed by atoms with Gasteiger partial charge in [0.15, 0.2) is 0 Å². The number of hydrogen-bond donors (Lipinski definition) is 1. The Labute approximate surface area is 112 Å². The van der Waals surface area contributed by atoms with E-state index in [4.69, 9.17) is 0 Å². The molecular formula is C17H27N. The van der Waals surface area contributed by atoms with Crippen molar-refractivity contribution < 1.29 is 0 Å². The van der Waals surface area contributed by atoms with Gasteiger partial charge in [0.05, 0.1) is 0 Å². The summed E-state index contributed by atoms with van der Waals surface area (Å²) in [6.45, 7) is 5.61. The van der Waals surface area contributed by atoms with Crippen molar-refractivity contribution in [1.29, 1.82) is 0 Å². The first-order chi connectivity index (χ1) is 8.85. The lowest BCUT2D eigenvalue weighted by Crippen LogP contribution is -2.27. The predicted molar refractivity (Wildman–Crippen MR) is 78.8 cm³/mol. The van der Waals surface area contributed by atoms with Gasteiger partial charge in [0.2, 0.25) is 0 Å². The van der Waals surface area contributed by atoms with Gasteiger partial charge in [-0.2, -0.15) is 0 Å². The van der Waals surface area contributed by atoms with Crippen LogP contribution >= 0.6 is 0 Å². The highest BCUT2D eigenvalue weighted by molar-refractivity contribution is 5.25. The molecule has 1 atom stereocenters. The quantitative estimate of drug-likeness (QED) is 0.779. The van der Waals surface area contributed by atoms with Crippen molar-refractivity contribution in [3.8, 4) is 0 Å². The molecule has 1 N–H and O–H groups in total. The fraction of sp³-hybridized carbons (Fsp3) is 0.647. The van der Waals surface area contributed by atoms with E-state index in [1.54, 1.807) is 0 Å². The van der Waals surface area contributed by atoms with E-state index in [0.29, 0.717) is 6.04 Å². The Balaban J connectivity index is 2.10. The minimum absolute atomic E-state index is 0.582. The third-order valence-corrected chi connectivity index (χ3v) is 4.23. The Morgan fingerprint density at radius 3 is 2.33 bits per heavy atom. The summed E-state index contributed by atoms with van der Waals surface area (Å²) < 4.78 is 0. The van der Waals surface area contributed by atoms with Gasteiger partial charge in [0, 0.05) is 6.04 Å². The Morgan fingerprint density at radius 2 is 1.78 bits per heavy atom. The highest BCUT2D eigenvalue weighted by Gasteiger charge is 2.25. The molecular weight excluding hydrogens is 218 g/mol. The summed E-state index contributed by atoms with van der Waals surface area (Å²) in [4.78, 5) is 0. The number of aryl methyl sites for hydroxylation is 1. The summed E-state index contributed by atoms with van der Waals surface area (Å²) in [5.74, 6) is 0.851. The smallest absolute Gasteiger partial charge is 0.0348 e. The van der Waals surface area contributed by atoms with Gasteiger partial charge in [-0.25, -0.2) is 0 Å². The third-order valence-electron chi connectivity index (χ3n) is 4.23. The number of benzene rings is 1. The molecule has 1 heteroatoms. The molecule has 1 fully saturated rings. The summed E-state index contributed by atoms with van der Waals surface area (Å²) in [6, 6.07) is 9.85. The number of rotatable bonds is 6. The maximum Gasteiger partial charge on any atom is 0.0348 e. The van der Waals surface area contributed by atoms with Gasteiger partial charge in [-0.15, -0.1) is 0 Å². The molecule has 0 aliphatic heterocycles. The Kier molecular flexibility index (Phi) is 5.25. The summed E-state index contributed by atoms with van der Waals surface area (Å²) in [5.41, 5.74) is 2.94. The molecule has 100 valence electrons. The monoisotopic (exact) mass is 245 g/mol. The van der Waals surface area contributed by atoms with Gasteiger partial charge in [0.1, 0.15) is 0 Å². The molecule has 0 aromatic heterocycles. The van der Waals surface area contributed by atoms with Crippen molar-refractivity contribution in [2.24, 2.45) is 5.92 Å². The summed E-state index contributed by atoms with van der Waals surface area (Å²) in [6.07, 6.45) is 7.99. The molecule has 0 spiro atoms. The van der Waals surface area contributed by atoms with Gasteiger partial charge >= 0.3 is 0 Å². The number of hydrogen-bond acceptors (Lipinski definition) is 1. The van der Waals surface area contributed by atoms with Crippen LogP contribution in [0.3, 0.4) is 0 Å². The largest absolute Gasteiger partial charge is 0.310 e. The minimum atomic E-state index is 0.582. The van der Waals surface area contributed by atoms with Gasteiger partial charge in [-0.05, 0) is 49.3 Å². The first kappa shape index (κ1) is 13.6. The molecule has 0 saturated heterocycles. The Hall–Kier alpha value is -0.820. The standard InChI is InChI=1S/C17H27N/c1-3-13-18-17(15-7-5-6-8-15)16-11-9-14(4-2)10-12-16/h9-12,15,17-18H,3-8,13H2,1-2H3. The van der Waals surface area contributed by atoms with Crippen molar-refractivity contribution in [1.82, 2.24) is 5.32 Å². The van der Waals surface area contributed by atoms with E-state index < -0.39 is 0 Å². The second-order valence-electron chi connectivity index (χ2n) is 5.57. The molecule has 0 amide bonds. The molecule has 1 aliphatic rings. The molecule has 1 saturated carbocycles. The van der Waals surface area contributed by atoms with E-state index in [1.165, 1.54) is 43.2 Å². The Bertz CT molecular complexity index is 335. The van der Waals surface area contributed by atoms with Crippen LogP contribution in [-0.2, 0) is 6.42 Å². The first-order valence-electron chi connectivity index (χ1n) is 7.67. The van der Waals surface area contributed by atoms with E-state index in [0.717, 1.165) is 18.9 Å². The van der Waals surface area contributed by atoms with Gasteiger partial charge in [-0.1, -0.05) is 51.0 Å². The normalized spacial score (nSPS) is 18.1. The summed E-state index contributed by atoms with van der Waals surface area (Å²) >= 11 is 0. The molecule has 1 aliphatic carbocycles. The van der Waals surface area contributed by atoms with Crippen LogP contribution < -0.4 is 5.32 Å². The first-order valence-corrected chi connectivity index (χ1v) is 7.67. The molecule has 1 unspecified atom stereocenters. The molecule has 1 aromatic rings. The third kappa shape index (κ3) is 3.35. The average molecular weight is 245 g/mol. The number of nitrogens with one attached hydrogen (secondary N) is 1. The molecule has 0 heterocycles. The summed E-state index contributed by atoms with van der Waals surface area (Å²) in [7, 11) is 0. The lowest BCUT2D eigenvalue weighted by Gasteiger charge is -2.25. The lowest BCUT2D eigenvalue weighted by atomic mass is 9.91. The van der Waals surface area contributed by atoms with Crippen LogP contribution in [-0.4, -0.2) is 6.54 Å².